The van der Waals surface area contributed by atoms with Crippen molar-refractivity contribution in [2.75, 3.05) is 37.0 Å². The lowest BCUT2D eigenvalue weighted by molar-refractivity contribution is -0.125. The van der Waals surface area contributed by atoms with Gasteiger partial charge in [0.1, 0.15) is 17.1 Å². The number of imidazole rings is 1. The molecule has 1 saturated heterocycles. The van der Waals surface area contributed by atoms with Crippen LogP contribution in [-0.2, 0) is 4.74 Å². The van der Waals surface area contributed by atoms with E-state index in [9.17, 15) is 15.0 Å². The fourth-order valence-electron chi connectivity index (χ4n) is 4.76. The van der Waals surface area contributed by atoms with E-state index in [0.29, 0.717) is 46.6 Å². The number of benzene rings is 2. The molecule has 1 aliphatic rings. The van der Waals surface area contributed by atoms with Crippen LogP contribution in [0.5, 0.6) is 5.75 Å². The van der Waals surface area contributed by atoms with Crippen molar-refractivity contribution >= 4 is 34.0 Å². The Morgan fingerprint density at radius 2 is 2.13 bits per heavy atom. The summed E-state index contributed by atoms with van der Waals surface area (Å²) in [6, 6.07) is 10.6. The largest absolute Gasteiger partial charge is 0.495 e. The molecule has 0 radical (unpaired) electrons. The number of halogens is 1. The van der Waals surface area contributed by atoms with E-state index < -0.39 is 12.4 Å². The van der Waals surface area contributed by atoms with Gasteiger partial charge in [0.15, 0.2) is 6.29 Å². The minimum Gasteiger partial charge on any atom is -0.495 e. The Kier molecular flexibility index (Phi) is 7.31. The number of aromatic nitrogens is 3. The number of anilines is 2. The van der Waals surface area contributed by atoms with Crippen LogP contribution in [0, 0.1) is 6.92 Å². The first-order valence-corrected chi connectivity index (χ1v) is 12.7. The molecule has 0 saturated carbocycles. The first-order valence-electron chi connectivity index (χ1n) is 12.3. The van der Waals surface area contributed by atoms with E-state index in [4.69, 9.17) is 26.1 Å². The Morgan fingerprint density at radius 3 is 2.89 bits per heavy atom. The number of ether oxygens (including phenoxy) is 2. The van der Waals surface area contributed by atoms with Crippen LogP contribution in [0.4, 0.5) is 11.4 Å². The summed E-state index contributed by atoms with van der Waals surface area (Å²) in [5, 5.41) is 24.5. The number of hydrogen-bond donors (Lipinski definition) is 5. The highest BCUT2D eigenvalue weighted by Gasteiger charge is 2.28. The molecule has 5 rings (SSSR count). The molecule has 5 N–H and O–H groups in total. The molecule has 38 heavy (non-hydrogen) atoms. The Labute approximate surface area is 224 Å². The van der Waals surface area contributed by atoms with Gasteiger partial charge in [-0.15, -0.1) is 0 Å². The van der Waals surface area contributed by atoms with Crippen molar-refractivity contribution in [1.29, 1.82) is 0 Å². The van der Waals surface area contributed by atoms with E-state index in [-0.39, 0.29) is 18.1 Å². The lowest BCUT2D eigenvalue weighted by atomic mass is 10.1. The molecule has 0 spiro atoms. The SMILES string of the molecule is COc1ccc([C@H](O)CNc2cc[nH]c(=O)c2-c2nc3c(C)cc(N4CCOC(O)[C@@H]4C)cc3[nH]2)cc1Cl. The molecule has 3 atom stereocenters. The molecular weight excluding hydrogens is 510 g/mol. The fourth-order valence-corrected chi connectivity index (χ4v) is 5.03. The molecule has 0 aliphatic carbocycles. The number of aliphatic hydroxyl groups excluding tert-OH is 2. The summed E-state index contributed by atoms with van der Waals surface area (Å²) in [5.74, 6) is 0.927. The maximum atomic E-state index is 12.9. The summed E-state index contributed by atoms with van der Waals surface area (Å²) < 4.78 is 10.5. The van der Waals surface area contributed by atoms with Crippen LogP contribution in [-0.4, -0.2) is 64.3 Å². The Morgan fingerprint density at radius 1 is 1.32 bits per heavy atom. The Hall–Kier alpha value is -3.57. The number of nitrogens with one attached hydrogen (secondary N) is 3. The second kappa shape index (κ2) is 10.7. The van der Waals surface area contributed by atoms with Gasteiger partial charge in [0.2, 0.25) is 0 Å². The molecule has 2 aromatic heterocycles. The van der Waals surface area contributed by atoms with Crippen molar-refractivity contribution in [1.82, 2.24) is 15.0 Å². The molecule has 2 aromatic carbocycles. The minimum atomic E-state index is -0.878. The number of fused-ring (bicyclic) bond motifs is 1. The second-order valence-electron chi connectivity index (χ2n) is 9.33. The summed E-state index contributed by atoms with van der Waals surface area (Å²) in [6.07, 6.45) is -0.197. The Bertz CT molecular complexity index is 1520. The van der Waals surface area contributed by atoms with Crippen molar-refractivity contribution in [2.45, 2.75) is 32.3 Å². The van der Waals surface area contributed by atoms with Gasteiger partial charge >= 0.3 is 0 Å². The predicted octanol–water partition coefficient (Wildman–Crippen LogP) is 3.58. The molecule has 1 aliphatic heterocycles. The van der Waals surface area contributed by atoms with Crippen LogP contribution in [0.3, 0.4) is 0 Å². The third-order valence-electron chi connectivity index (χ3n) is 6.86. The van der Waals surface area contributed by atoms with Crippen LogP contribution in [0.2, 0.25) is 5.02 Å². The quantitative estimate of drug-likeness (QED) is 0.240. The normalized spacial score (nSPS) is 18.5. The third kappa shape index (κ3) is 4.95. The van der Waals surface area contributed by atoms with Crippen molar-refractivity contribution in [2.24, 2.45) is 0 Å². The maximum absolute atomic E-state index is 12.9. The van der Waals surface area contributed by atoms with Crippen molar-refractivity contribution in [3.8, 4) is 17.1 Å². The lowest BCUT2D eigenvalue weighted by Crippen LogP contribution is -2.49. The number of morpholine rings is 1. The van der Waals surface area contributed by atoms with Crippen molar-refractivity contribution in [3.05, 3.63) is 69.1 Å². The monoisotopic (exact) mass is 539 g/mol. The van der Waals surface area contributed by atoms with Gasteiger partial charge < -0.3 is 39.9 Å². The van der Waals surface area contributed by atoms with Crippen LogP contribution in [0.25, 0.3) is 22.4 Å². The number of rotatable bonds is 7. The van der Waals surface area contributed by atoms with Gasteiger partial charge in [0.05, 0.1) is 47.6 Å². The van der Waals surface area contributed by atoms with Crippen LogP contribution >= 0.6 is 11.6 Å². The van der Waals surface area contributed by atoms with Gasteiger partial charge in [0, 0.05) is 25.0 Å². The topological polar surface area (TPSA) is 136 Å². The number of aliphatic hydroxyl groups is 2. The van der Waals surface area contributed by atoms with Gasteiger partial charge in [-0.05, 0) is 55.3 Å². The highest BCUT2D eigenvalue weighted by Crippen LogP contribution is 2.32. The predicted molar refractivity (Wildman–Crippen MR) is 147 cm³/mol. The number of aromatic amines is 2. The zero-order valence-electron chi connectivity index (χ0n) is 21.3. The Balaban J connectivity index is 1.44. The van der Waals surface area contributed by atoms with Gasteiger partial charge in [-0.2, -0.15) is 0 Å². The average molecular weight is 540 g/mol. The lowest BCUT2D eigenvalue weighted by Gasteiger charge is -2.38. The maximum Gasteiger partial charge on any atom is 0.261 e. The van der Waals surface area contributed by atoms with Crippen LogP contribution in [0.1, 0.15) is 24.2 Å². The average Bonchev–Trinajstić information content (AvgIpc) is 3.33. The summed E-state index contributed by atoms with van der Waals surface area (Å²) in [7, 11) is 1.53. The van der Waals surface area contributed by atoms with Crippen molar-refractivity contribution in [3.63, 3.8) is 0 Å². The smallest absolute Gasteiger partial charge is 0.261 e. The molecule has 200 valence electrons. The number of hydrogen-bond acceptors (Lipinski definition) is 8. The highest BCUT2D eigenvalue weighted by atomic mass is 35.5. The van der Waals surface area contributed by atoms with Gasteiger partial charge in [-0.25, -0.2) is 4.98 Å². The third-order valence-corrected chi connectivity index (χ3v) is 7.16. The van der Waals surface area contributed by atoms with E-state index >= 15 is 0 Å². The molecule has 0 bridgehead atoms. The first-order chi connectivity index (χ1) is 18.3. The highest BCUT2D eigenvalue weighted by molar-refractivity contribution is 6.32. The summed E-state index contributed by atoms with van der Waals surface area (Å²) in [6.45, 7) is 5.10. The molecular formula is C27H30ClN5O5. The summed E-state index contributed by atoms with van der Waals surface area (Å²) in [4.78, 5) is 25.8. The summed E-state index contributed by atoms with van der Waals surface area (Å²) >= 11 is 6.21. The minimum absolute atomic E-state index is 0.139. The van der Waals surface area contributed by atoms with Crippen LogP contribution in [0.15, 0.2) is 47.4 Å². The fraction of sp³-hybridized carbons (Fsp3) is 0.333. The van der Waals surface area contributed by atoms with E-state index in [1.807, 2.05) is 26.0 Å². The van der Waals surface area contributed by atoms with Crippen molar-refractivity contribution < 1.29 is 19.7 Å². The molecule has 0 amide bonds. The first kappa shape index (κ1) is 26.1. The standard InChI is InChI=1S/C27H30ClN5O5/c1-14-10-17(33-8-9-38-27(36)15(33)2)12-20-24(14)32-25(31-20)23-19(6-7-29-26(23)35)30-13-21(34)16-4-5-22(37-3)18(28)11-16/h4-7,10-12,15,21,27,34,36H,8-9,13H2,1-3H3,(H,31,32)(H2,29,30,35)/t15-,21+,27?/m0/s1. The van der Waals surface area contributed by atoms with E-state index in [1.54, 1.807) is 30.5 Å². The zero-order chi connectivity index (χ0) is 27.0. The molecule has 11 heteroatoms. The molecule has 4 aromatic rings. The van der Waals surface area contributed by atoms with E-state index in [2.05, 4.69) is 20.2 Å². The van der Waals surface area contributed by atoms with Gasteiger partial charge in [0.25, 0.3) is 5.56 Å². The van der Waals surface area contributed by atoms with Gasteiger partial charge in [-0.3, -0.25) is 4.79 Å². The number of methoxy groups -OCH3 is 1. The number of pyridine rings is 1. The number of aryl methyl sites for hydroxylation is 1. The molecule has 10 nitrogen and oxygen atoms in total. The summed E-state index contributed by atoms with van der Waals surface area (Å²) in [5.41, 5.74) is 4.53. The van der Waals surface area contributed by atoms with E-state index in [1.165, 1.54) is 7.11 Å². The van der Waals surface area contributed by atoms with E-state index in [0.717, 1.165) is 22.3 Å². The molecule has 1 unspecified atom stereocenters. The van der Waals surface area contributed by atoms with Gasteiger partial charge in [-0.1, -0.05) is 17.7 Å². The molecule has 1 fully saturated rings. The zero-order valence-corrected chi connectivity index (χ0v) is 22.0. The second-order valence-corrected chi connectivity index (χ2v) is 9.73. The molecule has 3 heterocycles. The number of nitrogens with zero attached hydrogens (tertiary/aromatic N) is 2. The number of H-pyrrole nitrogens is 2. The van der Waals surface area contributed by atoms with Crippen LogP contribution < -0.4 is 20.5 Å².